The summed E-state index contributed by atoms with van der Waals surface area (Å²) in [6.45, 7) is -2.81. The molecule has 0 saturated heterocycles. The van der Waals surface area contributed by atoms with Gasteiger partial charge in [0, 0.05) is 6.20 Å². The monoisotopic (exact) mass is 350 g/mol. The second kappa shape index (κ2) is 6.71. The predicted molar refractivity (Wildman–Crippen MR) is 83.6 cm³/mol. The normalized spacial score (nSPS) is 12.3. The standard InChI is InChI=1S/C14H12F2N6OS/c15-13(16)22-7-6-9(21-22)11(23)18-10(8-4-2-1-3-5-8)12-19-20-14(17)24-12/h1-7,10,13H,(H2,17,20)(H,18,23)/t10-/m0/s1. The maximum Gasteiger partial charge on any atom is 0.333 e. The maximum absolute atomic E-state index is 12.6. The molecule has 124 valence electrons. The topological polar surface area (TPSA) is 98.7 Å². The summed E-state index contributed by atoms with van der Waals surface area (Å²) in [7, 11) is 0. The van der Waals surface area contributed by atoms with E-state index in [1.807, 2.05) is 18.2 Å². The highest BCUT2D eigenvalue weighted by atomic mass is 32.1. The van der Waals surface area contributed by atoms with Crippen molar-refractivity contribution in [2.45, 2.75) is 12.6 Å². The number of halogens is 2. The molecule has 1 atom stereocenters. The molecule has 24 heavy (non-hydrogen) atoms. The fourth-order valence-corrected chi connectivity index (χ4v) is 2.76. The minimum Gasteiger partial charge on any atom is -0.374 e. The van der Waals surface area contributed by atoms with Crippen molar-refractivity contribution in [3.8, 4) is 0 Å². The number of carbonyl (C=O) groups is 1. The Morgan fingerprint density at radius 1 is 1.21 bits per heavy atom. The molecule has 0 unspecified atom stereocenters. The fraction of sp³-hybridized carbons (Fsp3) is 0.143. The van der Waals surface area contributed by atoms with Crippen molar-refractivity contribution in [1.82, 2.24) is 25.3 Å². The molecular weight excluding hydrogens is 338 g/mol. The Morgan fingerprint density at radius 2 is 1.96 bits per heavy atom. The first-order chi connectivity index (χ1) is 11.5. The number of nitrogens with two attached hydrogens (primary N) is 1. The molecule has 1 amide bonds. The zero-order valence-corrected chi connectivity index (χ0v) is 13.0. The van der Waals surface area contributed by atoms with Gasteiger partial charge in [0.05, 0.1) is 0 Å². The van der Waals surface area contributed by atoms with Gasteiger partial charge in [-0.05, 0) is 11.6 Å². The number of carbonyl (C=O) groups excluding carboxylic acids is 1. The van der Waals surface area contributed by atoms with Crippen LogP contribution in [-0.2, 0) is 0 Å². The molecule has 0 fully saturated rings. The summed E-state index contributed by atoms with van der Waals surface area (Å²) in [5.74, 6) is -0.600. The Bertz CT molecular complexity index is 835. The summed E-state index contributed by atoms with van der Waals surface area (Å²) in [5, 5.41) is 14.7. The maximum atomic E-state index is 12.6. The van der Waals surface area contributed by atoms with Crippen LogP contribution in [0.2, 0.25) is 0 Å². The van der Waals surface area contributed by atoms with E-state index in [9.17, 15) is 13.6 Å². The van der Waals surface area contributed by atoms with Crippen LogP contribution in [0.4, 0.5) is 13.9 Å². The van der Waals surface area contributed by atoms with Gasteiger partial charge in [-0.25, -0.2) is 4.68 Å². The second-order valence-electron chi connectivity index (χ2n) is 4.75. The molecule has 2 aromatic heterocycles. The molecule has 3 aromatic rings. The number of rotatable bonds is 5. The lowest BCUT2D eigenvalue weighted by atomic mass is 10.1. The molecule has 0 spiro atoms. The number of amides is 1. The Labute approximate surface area is 139 Å². The van der Waals surface area contributed by atoms with E-state index in [1.165, 1.54) is 6.07 Å². The number of nitrogens with zero attached hydrogens (tertiary/aromatic N) is 4. The van der Waals surface area contributed by atoms with Gasteiger partial charge in [-0.15, -0.1) is 10.2 Å². The van der Waals surface area contributed by atoms with Crippen LogP contribution in [0.15, 0.2) is 42.6 Å². The summed E-state index contributed by atoms with van der Waals surface area (Å²) in [4.78, 5) is 12.3. The number of hydrogen-bond acceptors (Lipinski definition) is 6. The van der Waals surface area contributed by atoms with Crippen molar-refractivity contribution in [3.05, 3.63) is 58.9 Å². The smallest absolute Gasteiger partial charge is 0.333 e. The van der Waals surface area contributed by atoms with E-state index < -0.39 is 18.5 Å². The number of benzene rings is 1. The van der Waals surface area contributed by atoms with Crippen LogP contribution in [-0.4, -0.2) is 25.9 Å². The predicted octanol–water partition coefficient (Wildman–Crippen LogP) is 2.23. The first kappa shape index (κ1) is 16.0. The summed E-state index contributed by atoms with van der Waals surface area (Å²) in [5.41, 5.74) is 6.25. The van der Waals surface area contributed by atoms with E-state index in [0.717, 1.165) is 23.1 Å². The van der Waals surface area contributed by atoms with Crippen LogP contribution < -0.4 is 11.1 Å². The molecule has 2 heterocycles. The van der Waals surface area contributed by atoms with Crippen molar-refractivity contribution < 1.29 is 13.6 Å². The first-order valence-electron chi connectivity index (χ1n) is 6.82. The molecule has 1 aromatic carbocycles. The lowest BCUT2D eigenvalue weighted by Crippen LogP contribution is -2.29. The van der Waals surface area contributed by atoms with E-state index in [0.29, 0.717) is 9.69 Å². The van der Waals surface area contributed by atoms with Gasteiger partial charge in [0.25, 0.3) is 5.91 Å². The average Bonchev–Trinajstić information content (AvgIpc) is 3.22. The SMILES string of the molecule is Nc1nnc([C@@H](NC(=O)c2ccn(C(F)F)n2)c2ccccc2)s1. The highest BCUT2D eigenvalue weighted by Gasteiger charge is 2.23. The lowest BCUT2D eigenvalue weighted by Gasteiger charge is -2.15. The molecule has 3 rings (SSSR count). The van der Waals surface area contributed by atoms with Gasteiger partial charge in [-0.3, -0.25) is 4.79 Å². The summed E-state index contributed by atoms with van der Waals surface area (Å²) in [6.07, 6.45) is 1.04. The number of nitrogen functional groups attached to an aromatic ring is 1. The van der Waals surface area contributed by atoms with Gasteiger partial charge in [-0.2, -0.15) is 13.9 Å². The van der Waals surface area contributed by atoms with Gasteiger partial charge in [-0.1, -0.05) is 41.7 Å². The molecule has 7 nitrogen and oxygen atoms in total. The Morgan fingerprint density at radius 3 is 2.54 bits per heavy atom. The van der Waals surface area contributed by atoms with Crippen molar-refractivity contribution in [2.24, 2.45) is 0 Å². The molecular formula is C14H12F2N6OS. The molecule has 10 heteroatoms. The quantitative estimate of drug-likeness (QED) is 0.735. The summed E-state index contributed by atoms with van der Waals surface area (Å²) < 4.78 is 25.6. The molecule has 0 aliphatic heterocycles. The number of aromatic nitrogens is 4. The average molecular weight is 350 g/mol. The minimum absolute atomic E-state index is 0.117. The molecule has 0 radical (unpaired) electrons. The van der Waals surface area contributed by atoms with E-state index in [-0.39, 0.29) is 10.8 Å². The molecule has 0 aliphatic carbocycles. The van der Waals surface area contributed by atoms with Gasteiger partial charge in [0.2, 0.25) is 5.13 Å². The number of alkyl halides is 2. The molecule has 3 N–H and O–H groups in total. The van der Waals surface area contributed by atoms with Crippen molar-refractivity contribution in [2.75, 3.05) is 5.73 Å². The fourth-order valence-electron chi connectivity index (χ4n) is 2.07. The number of anilines is 1. The van der Waals surface area contributed by atoms with Gasteiger partial charge in [0.15, 0.2) is 0 Å². The largest absolute Gasteiger partial charge is 0.374 e. The molecule has 0 bridgehead atoms. The third-order valence-electron chi connectivity index (χ3n) is 3.15. The highest BCUT2D eigenvalue weighted by Crippen LogP contribution is 2.26. The molecule has 0 aliphatic rings. The van der Waals surface area contributed by atoms with Crippen molar-refractivity contribution in [3.63, 3.8) is 0 Å². The van der Waals surface area contributed by atoms with Crippen LogP contribution in [0.5, 0.6) is 0 Å². The van der Waals surface area contributed by atoms with Gasteiger partial charge in [0.1, 0.15) is 16.7 Å². The number of nitrogens with one attached hydrogen (secondary N) is 1. The van der Waals surface area contributed by atoms with E-state index in [2.05, 4.69) is 20.6 Å². The minimum atomic E-state index is -2.81. The van der Waals surface area contributed by atoms with Crippen molar-refractivity contribution in [1.29, 1.82) is 0 Å². The summed E-state index contributed by atoms with van der Waals surface area (Å²) in [6, 6.07) is 9.68. The third kappa shape index (κ3) is 3.38. The van der Waals surface area contributed by atoms with Gasteiger partial charge < -0.3 is 11.1 Å². The van der Waals surface area contributed by atoms with Crippen LogP contribution in [0.25, 0.3) is 0 Å². The Balaban J connectivity index is 1.87. The molecule has 0 saturated carbocycles. The first-order valence-corrected chi connectivity index (χ1v) is 7.64. The zero-order chi connectivity index (χ0) is 17.1. The highest BCUT2D eigenvalue weighted by molar-refractivity contribution is 7.15. The van der Waals surface area contributed by atoms with E-state index >= 15 is 0 Å². The number of hydrogen-bond donors (Lipinski definition) is 2. The van der Waals surface area contributed by atoms with Crippen LogP contribution in [0.3, 0.4) is 0 Å². The summed E-state index contributed by atoms with van der Waals surface area (Å²) >= 11 is 1.13. The Kier molecular flexibility index (Phi) is 4.47. The van der Waals surface area contributed by atoms with E-state index in [1.54, 1.807) is 12.1 Å². The zero-order valence-electron chi connectivity index (χ0n) is 12.1. The van der Waals surface area contributed by atoms with Crippen LogP contribution in [0, 0.1) is 0 Å². The second-order valence-corrected chi connectivity index (χ2v) is 5.80. The van der Waals surface area contributed by atoms with E-state index in [4.69, 9.17) is 5.73 Å². The van der Waals surface area contributed by atoms with Gasteiger partial charge >= 0.3 is 6.55 Å². The van der Waals surface area contributed by atoms with Crippen LogP contribution >= 0.6 is 11.3 Å². The van der Waals surface area contributed by atoms with Crippen LogP contribution in [0.1, 0.15) is 33.7 Å². The lowest BCUT2D eigenvalue weighted by molar-refractivity contribution is 0.0559. The Hall–Kier alpha value is -2.88. The third-order valence-corrected chi connectivity index (χ3v) is 3.97. The van der Waals surface area contributed by atoms with Crippen molar-refractivity contribution >= 4 is 22.4 Å².